The second-order valence-electron chi connectivity index (χ2n) is 5.83. The van der Waals surface area contributed by atoms with Crippen molar-refractivity contribution in [2.24, 2.45) is 0 Å². The van der Waals surface area contributed by atoms with Crippen molar-refractivity contribution in [3.05, 3.63) is 40.4 Å². The van der Waals surface area contributed by atoms with Gasteiger partial charge in [-0.05, 0) is 12.8 Å². The third kappa shape index (κ3) is 2.99. The van der Waals surface area contributed by atoms with Gasteiger partial charge in [-0.1, -0.05) is 24.3 Å². The van der Waals surface area contributed by atoms with Crippen molar-refractivity contribution < 1.29 is 14.3 Å². The van der Waals surface area contributed by atoms with Gasteiger partial charge in [-0.3, -0.25) is 4.79 Å². The molecule has 1 saturated carbocycles. The Morgan fingerprint density at radius 3 is 2.95 bits per heavy atom. The quantitative estimate of drug-likeness (QED) is 0.921. The Morgan fingerprint density at radius 2 is 2.14 bits per heavy atom. The van der Waals surface area contributed by atoms with E-state index in [-0.39, 0.29) is 24.7 Å². The van der Waals surface area contributed by atoms with Gasteiger partial charge in [0.05, 0.1) is 23.9 Å². The normalized spacial score (nSPS) is 30.1. The smallest absolute Gasteiger partial charge is 0.251 e. The van der Waals surface area contributed by atoms with Crippen LogP contribution in [0, 0.1) is 0 Å². The molecule has 1 aromatic heterocycles. The lowest BCUT2D eigenvalue weighted by molar-refractivity contribution is -0.168. The van der Waals surface area contributed by atoms with Crippen molar-refractivity contribution in [1.29, 1.82) is 0 Å². The molecule has 1 aromatic rings. The van der Waals surface area contributed by atoms with Crippen LogP contribution in [0.5, 0.6) is 0 Å². The molecule has 3 atom stereocenters. The molecular formula is C16H18N2O3S. The van der Waals surface area contributed by atoms with Crippen LogP contribution in [-0.2, 0) is 20.8 Å². The minimum absolute atomic E-state index is 0.0753. The second-order valence-corrected chi connectivity index (χ2v) is 6.72. The summed E-state index contributed by atoms with van der Waals surface area (Å²) >= 11 is 1.69. The summed E-state index contributed by atoms with van der Waals surface area (Å²) in [5.74, 6) is 0.523. The second kappa shape index (κ2) is 5.95. The summed E-state index contributed by atoms with van der Waals surface area (Å²) in [5, 5.41) is 6.12. The SMILES string of the molecule is O=C(NCc1csc(C2CC2)n1)C1COC2C=CC=CC2O1. The molecule has 0 spiro atoms. The fourth-order valence-electron chi connectivity index (χ4n) is 2.62. The van der Waals surface area contributed by atoms with E-state index in [1.165, 1.54) is 17.8 Å². The zero-order chi connectivity index (χ0) is 14.9. The molecule has 0 bridgehead atoms. The zero-order valence-electron chi connectivity index (χ0n) is 12.1. The van der Waals surface area contributed by atoms with E-state index >= 15 is 0 Å². The fourth-order valence-corrected chi connectivity index (χ4v) is 3.61. The number of aromatic nitrogens is 1. The average Bonchev–Trinajstić information content (AvgIpc) is 3.31. The standard InChI is InChI=1S/C16H18N2O3S/c19-15(14-8-20-12-3-1-2-4-13(12)21-14)17-7-11-9-22-16(18-11)10-5-6-10/h1-4,9-10,12-14H,5-8H2,(H,17,19). The Morgan fingerprint density at radius 1 is 1.32 bits per heavy atom. The molecule has 1 saturated heterocycles. The molecule has 116 valence electrons. The van der Waals surface area contributed by atoms with E-state index in [0.29, 0.717) is 12.5 Å². The van der Waals surface area contributed by atoms with Crippen LogP contribution >= 0.6 is 11.3 Å². The summed E-state index contributed by atoms with van der Waals surface area (Å²) in [6, 6.07) is 0. The predicted octanol–water partition coefficient (Wildman–Crippen LogP) is 1.92. The molecule has 2 heterocycles. The van der Waals surface area contributed by atoms with E-state index in [0.717, 1.165) is 5.69 Å². The molecule has 6 heteroatoms. The van der Waals surface area contributed by atoms with Crippen molar-refractivity contribution in [2.75, 3.05) is 6.61 Å². The molecule has 5 nitrogen and oxygen atoms in total. The van der Waals surface area contributed by atoms with Crippen LogP contribution in [0.25, 0.3) is 0 Å². The van der Waals surface area contributed by atoms with Crippen LogP contribution < -0.4 is 5.32 Å². The predicted molar refractivity (Wildman–Crippen MR) is 82.6 cm³/mol. The molecular weight excluding hydrogens is 300 g/mol. The van der Waals surface area contributed by atoms with Gasteiger partial charge in [0.15, 0.2) is 6.10 Å². The molecule has 2 fully saturated rings. The number of carbonyl (C=O) groups is 1. The number of ether oxygens (including phenoxy) is 2. The van der Waals surface area contributed by atoms with Gasteiger partial charge in [0, 0.05) is 11.3 Å². The number of amides is 1. The molecule has 0 radical (unpaired) electrons. The number of allylic oxidation sites excluding steroid dienone is 2. The molecule has 4 rings (SSSR count). The summed E-state index contributed by atoms with van der Waals surface area (Å²) in [6.07, 6.45) is 9.42. The number of fused-ring (bicyclic) bond motifs is 1. The van der Waals surface area contributed by atoms with Crippen molar-refractivity contribution >= 4 is 17.2 Å². The molecule has 0 aromatic carbocycles. The van der Waals surface area contributed by atoms with E-state index in [2.05, 4.69) is 10.3 Å². The third-order valence-corrected chi connectivity index (χ3v) is 5.09. The monoisotopic (exact) mass is 318 g/mol. The Labute approximate surface area is 133 Å². The van der Waals surface area contributed by atoms with Crippen molar-refractivity contribution in [2.45, 2.75) is 43.6 Å². The number of rotatable bonds is 4. The third-order valence-electron chi connectivity index (χ3n) is 4.03. The van der Waals surface area contributed by atoms with E-state index in [9.17, 15) is 4.79 Å². The van der Waals surface area contributed by atoms with Crippen LogP contribution in [0.4, 0.5) is 0 Å². The van der Waals surface area contributed by atoms with E-state index < -0.39 is 6.10 Å². The fraction of sp³-hybridized carbons (Fsp3) is 0.500. The summed E-state index contributed by atoms with van der Waals surface area (Å²) in [4.78, 5) is 16.8. The minimum atomic E-state index is -0.557. The van der Waals surface area contributed by atoms with Gasteiger partial charge in [-0.2, -0.15) is 0 Å². The first-order valence-corrected chi connectivity index (χ1v) is 8.51. The molecule has 1 N–H and O–H groups in total. The number of nitrogens with one attached hydrogen (secondary N) is 1. The van der Waals surface area contributed by atoms with Crippen LogP contribution in [0.15, 0.2) is 29.7 Å². The topological polar surface area (TPSA) is 60.5 Å². The maximum atomic E-state index is 12.2. The van der Waals surface area contributed by atoms with Gasteiger partial charge >= 0.3 is 0 Å². The molecule has 1 amide bonds. The van der Waals surface area contributed by atoms with Crippen LogP contribution in [0.3, 0.4) is 0 Å². The highest BCUT2D eigenvalue weighted by Gasteiger charge is 2.33. The van der Waals surface area contributed by atoms with Crippen molar-refractivity contribution in [3.8, 4) is 0 Å². The lowest BCUT2D eigenvalue weighted by atomic mass is 10.1. The van der Waals surface area contributed by atoms with Gasteiger partial charge in [-0.15, -0.1) is 11.3 Å². The van der Waals surface area contributed by atoms with Gasteiger partial charge in [0.1, 0.15) is 12.2 Å². The summed E-state index contributed by atoms with van der Waals surface area (Å²) in [6.45, 7) is 0.737. The number of thiazole rings is 1. The Hall–Kier alpha value is -1.50. The first-order valence-electron chi connectivity index (χ1n) is 7.63. The van der Waals surface area contributed by atoms with Crippen LogP contribution in [-0.4, -0.2) is 35.8 Å². The van der Waals surface area contributed by atoms with Crippen molar-refractivity contribution in [3.63, 3.8) is 0 Å². The highest BCUT2D eigenvalue weighted by atomic mass is 32.1. The summed E-state index contributed by atoms with van der Waals surface area (Å²) in [5.41, 5.74) is 0.926. The summed E-state index contributed by atoms with van der Waals surface area (Å²) in [7, 11) is 0. The molecule has 3 aliphatic rings. The Kier molecular flexibility index (Phi) is 3.82. The van der Waals surface area contributed by atoms with Crippen LogP contribution in [0.2, 0.25) is 0 Å². The minimum Gasteiger partial charge on any atom is -0.368 e. The average molecular weight is 318 g/mol. The number of carbonyl (C=O) groups excluding carboxylic acids is 1. The number of nitrogens with zero attached hydrogens (tertiary/aromatic N) is 1. The zero-order valence-corrected chi connectivity index (χ0v) is 12.9. The number of hydrogen-bond acceptors (Lipinski definition) is 5. The maximum absolute atomic E-state index is 12.2. The first-order chi connectivity index (χ1) is 10.8. The largest absolute Gasteiger partial charge is 0.368 e. The lowest BCUT2D eigenvalue weighted by Crippen LogP contribution is -2.49. The Balaban J connectivity index is 1.30. The van der Waals surface area contributed by atoms with Gasteiger partial charge in [-0.25, -0.2) is 4.98 Å². The highest BCUT2D eigenvalue weighted by Crippen LogP contribution is 2.41. The highest BCUT2D eigenvalue weighted by molar-refractivity contribution is 7.09. The van der Waals surface area contributed by atoms with E-state index in [4.69, 9.17) is 9.47 Å². The van der Waals surface area contributed by atoms with Gasteiger partial charge in [0.2, 0.25) is 0 Å². The lowest BCUT2D eigenvalue weighted by Gasteiger charge is -2.34. The molecule has 22 heavy (non-hydrogen) atoms. The van der Waals surface area contributed by atoms with E-state index in [1.807, 2.05) is 29.7 Å². The van der Waals surface area contributed by atoms with Gasteiger partial charge in [0.25, 0.3) is 5.91 Å². The summed E-state index contributed by atoms with van der Waals surface area (Å²) < 4.78 is 11.5. The molecule has 1 aliphatic heterocycles. The molecule has 2 aliphatic carbocycles. The maximum Gasteiger partial charge on any atom is 0.251 e. The van der Waals surface area contributed by atoms with Crippen molar-refractivity contribution in [1.82, 2.24) is 10.3 Å². The molecule has 3 unspecified atom stereocenters. The number of hydrogen-bond donors (Lipinski definition) is 1. The first kappa shape index (κ1) is 14.1. The van der Waals surface area contributed by atoms with Gasteiger partial charge < -0.3 is 14.8 Å². The Bertz CT molecular complexity index is 621. The van der Waals surface area contributed by atoms with E-state index in [1.54, 1.807) is 11.3 Å². The van der Waals surface area contributed by atoms with Crippen LogP contribution in [0.1, 0.15) is 29.5 Å².